The Morgan fingerprint density at radius 1 is 0.844 bits per heavy atom. The van der Waals surface area contributed by atoms with Crippen LogP contribution in [0.15, 0.2) is 65.7 Å². The number of nitrogens with zero attached hydrogens (tertiary/aromatic N) is 7. The molecule has 162 valence electrons. The fourth-order valence-electron chi connectivity index (χ4n) is 4.08. The maximum atomic E-state index is 12.3. The molecule has 3 aromatic heterocycles. The lowest BCUT2D eigenvalue weighted by Crippen LogP contribution is -2.48. The monoisotopic (exact) mass is 427 g/mol. The van der Waals surface area contributed by atoms with Gasteiger partial charge in [-0.1, -0.05) is 12.1 Å². The number of rotatable bonds is 5. The first-order valence-electron chi connectivity index (χ1n) is 10.9. The van der Waals surface area contributed by atoms with E-state index in [2.05, 4.69) is 19.9 Å². The zero-order chi connectivity index (χ0) is 21.9. The van der Waals surface area contributed by atoms with Crippen LogP contribution in [0.5, 0.6) is 0 Å². The molecule has 0 radical (unpaired) electrons. The van der Waals surface area contributed by atoms with Crippen molar-refractivity contribution in [1.29, 1.82) is 0 Å². The number of pyridine rings is 1. The molecule has 32 heavy (non-hydrogen) atoms. The highest BCUT2D eigenvalue weighted by molar-refractivity contribution is 5.76. The molecule has 1 aliphatic rings. The van der Waals surface area contributed by atoms with Crippen LogP contribution in [0.2, 0.25) is 0 Å². The minimum atomic E-state index is -0.0801. The van der Waals surface area contributed by atoms with E-state index in [1.807, 2.05) is 43.3 Å². The lowest BCUT2D eigenvalue weighted by Gasteiger charge is -2.35. The molecule has 8 nitrogen and oxygen atoms in total. The second-order valence-corrected chi connectivity index (χ2v) is 7.97. The average Bonchev–Trinajstić information content (AvgIpc) is 2.84. The first kappa shape index (κ1) is 20.3. The van der Waals surface area contributed by atoms with Crippen molar-refractivity contribution in [3.05, 3.63) is 77.0 Å². The SMILES string of the molecule is Cc1nc2ccccc2nc1N1CCN(CCn2nc(-c3ccncc3)ccc2=O)CC1. The standard InChI is InChI=1S/C24H25N7O/c1-18-24(27-22-5-3-2-4-21(22)26-18)30-15-12-29(13-16-30)14-17-31-23(32)7-6-20(28-31)19-8-10-25-11-9-19/h2-11H,12-17H2,1H3. The quantitative estimate of drug-likeness (QED) is 0.484. The Balaban J connectivity index is 1.23. The van der Waals surface area contributed by atoms with Crippen molar-refractivity contribution in [3.8, 4) is 11.3 Å². The summed E-state index contributed by atoms with van der Waals surface area (Å²) in [5.74, 6) is 0.964. The van der Waals surface area contributed by atoms with E-state index >= 15 is 0 Å². The summed E-state index contributed by atoms with van der Waals surface area (Å²) in [6, 6.07) is 15.1. The smallest absolute Gasteiger partial charge is 0.266 e. The fourth-order valence-corrected chi connectivity index (χ4v) is 4.08. The van der Waals surface area contributed by atoms with Gasteiger partial charge in [0.25, 0.3) is 5.56 Å². The summed E-state index contributed by atoms with van der Waals surface area (Å²) in [4.78, 5) is 30.6. The third-order valence-corrected chi connectivity index (χ3v) is 5.86. The summed E-state index contributed by atoms with van der Waals surface area (Å²) in [7, 11) is 0. The zero-order valence-electron chi connectivity index (χ0n) is 18.1. The highest BCUT2D eigenvalue weighted by Gasteiger charge is 2.20. The summed E-state index contributed by atoms with van der Waals surface area (Å²) in [6.07, 6.45) is 3.46. The topological polar surface area (TPSA) is 80.0 Å². The lowest BCUT2D eigenvalue weighted by molar-refractivity contribution is 0.242. The number of aromatic nitrogens is 5. The summed E-state index contributed by atoms with van der Waals surface area (Å²) >= 11 is 0. The molecule has 1 saturated heterocycles. The number of anilines is 1. The summed E-state index contributed by atoms with van der Waals surface area (Å²) in [5, 5.41) is 4.55. The highest BCUT2D eigenvalue weighted by Crippen LogP contribution is 2.21. The number of hydrogen-bond acceptors (Lipinski definition) is 7. The Kier molecular flexibility index (Phi) is 5.60. The van der Waals surface area contributed by atoms with Gasteiger partial charge in [-0.3, -0.25) is 14.7 Å². The Morgan fingerprint density at radius 3 is 2.31 bits per heavy atom. The molecular weight excluding hydrogens is 402 g/mol. The molecule has 0 atom stereocenters. The number of aryl methyl sites for hydroxylation is 1. The number of fused-ring (bicyclic) bond motifs is 1. The molecule has 1 aromatic carbocycles. The van der Waals surface area contributed by atoms with Gasteiger partial charge in [-0.25, -0.2) is 14.6 Å². The Hall–Kier alpha value is -3.65. The Morgan fingerprint density at radius 2 is 1.56 bits per heavy atom. The van der Waals surface area contributed by atoms with Gasteiger partial charge in [-0.05, 0) is 37.3 Å². The third kappa shape index (κ3) is 4.22. The van der Waals surface area contributed by atoms with Crippen molar-refractivity contribution in [3.63, 3.8) is 0 Å². The van der Waals surface area contributed by atoms with E-state index in [0.29, 0.717) is 6.54 Å². The van der Waals surface area contributed by atoms with E-state index in [9.17, 15) is 4.79 Å². The van der Waals surface area contributed by atoms with Gasteiger partial charge in [0.15, 0.2) is 5.82 Å². The predicted octanol–water partition coefficient (Wildman–Crippen LogP) is 2.38. The number of hydrogen-bond donors (Lipinski definition) is 0. The second-order valence-electron chi connectivity index (χ2n) is 7.97. The van der Waals surface area contributed by atoms with Gasteiger partial charge in [-0.2, -0.15) is 5.10 Å². The number of benzene rings is 1. The molecule has 0 spiro atoms. The van der Waals surface area contributed by atoms with Crippen LogP contribution in [0.3, 0.4) is 0 Å². The molecule has 0 aliphatic carbocycles. The largest absolute Gasteiger partial charge is 0.353 e. The van der Waals surface area contributed by atoms with Gasteiger partial charge in [0.2, 0.25) is 0 Å². The summed E-state index contributed by atoms with van der Waals surface area (Å²) < 4.78 is 1.56. The van der Waals surface area contributed by atoms with Crippen LogP contribution in [0.4, 0.5) is 5.82 Å². The molecule has 8 heteroatoms. The van der Waals surface area contributed by atoms with Gasteiger partial charge in [-0.15, -0.1) is 0 Å². The maximum Gasteiger partial charge on any atom is 0.266 e. The van der Waals surface area contributed by atoms with Crippen molar-refractivity contribution in [2.75, 3.05) is 37.6 Å². The molecule has 0 bridgehead atoms. The molecule has 0 unspecified atom stereocenters. The van der Waals surface area contributed by atoms with Crippen LogP contribution >= 0.6 is 0 Å². The van der Waals surface area contributed by atoms with Gasteiger partial charge in [0, 0.05) is 56.7 Å². The predicted molar refractivity (Wildman–Crippen MR) is 125 cm³/mol. The summed E-state index contributed by atoms with van der Waals surface area (Å²) in [6.45, 7) is 6.95. The minimum Gasteiger partial charge on any atom is -0.353 e. The van der Waals surface area contributed by atoms with Crippen molar-refractivity contribution < 1.29 is 0 Å². The van der Waals surface area contributed by atoms with Crippen LogP contribution in [0, 0.1) is 6.92 Å². The van der Waals surface area contributed by atoms with Crippen LogP contribution in [-0.2, 0) is 6.54 Å². The normalized spacial score (nSPS) is 14.7. The Bertz CT molecular complexity index is 1280. The van der Waals surface area contributed by atoms with E-state index in [1.165, 1.54) is 0 Å². The summed E-state index contributed by atoms with van der Waals surface area (Å²) in [5.41, 5.74) is 4.47. The molecule has 1 fully saturated rings. The van der Waals surface area contributed by atoms with Crippen LogP contribution in [-0.4, -0.2) is 62.4 Å². The lowest BCUT2D eigenvalue weighted by atomic mass is 10.2. The number of piperazine rings is 1. The van der Waals surface area contributed by atoms with Crippen LogP contribution in [0.25, 0.3) is 22.3 Å². The van der Waals surface area contributed by atoms with Gasteiger partial charge in [0.1, 0.15) is 0 Å². The second kappa shape index (κ2) is 8.84. The minimum absolute atomic E-state index is 0.0801. The first-order valence-corrected chi connectivity index (χ1v) is 10.9. The molecule has 1 aliphatic heterocycles. The zero-order valence-corrected chi connectivity index (χ0v) is 18.1. The van der Waals surface area contributed by atoms with Gasteiger partial charge >= 0.3 is 0 Å². The van der Waals surface area contributed by atoms with Crippen molar-refractivity contribution >= 4 is 16.9 Å². The van der Waals surface area contributed by atoms with E-state index in [4.69, 9.17) is 9.97 Å². The van der Waals surface area contributed by atoms with Crippen molar-refractivity contribution in [1.82, 2.24) is 29.6 Å². The average molecular weight is 428 g/mol. The third-order valence-electron chi connectivity index (χ3n) is 5.86. The fraction of sp³-hybridized carbons (Fsp3) is 0.292. The van der Waals surface area contributed by atoms with E-state index in [-0.39, 0.29) is 5.56 Å². The molecule has 0 saturated carbocycles. The highest BCUT2D eigenvalue weighted by atomic mass is 16.1. The van der Waals surface area contributed by atoms with Crippen LogP contribution < -0.4 is 10.5 Å². The van der Waals surface area contributed by atoms with Crippen LogP contribution in [0.1, 0.15) is 5.69 Å². The Labute approximate surface area is 186 Å². The maximum absolute atomic E-state index is 12.3. The number of para-hydroxylation sites is 2. The van der Waals surface area contributed by atoms with Crippen molar-refractivity contribution in [2.45, 2.75) is 13.5 Å². The molecule has 0 amide bonds. The van der Waals surface area contributed by atoms with E-state index < -0.39 is 0 Å². The molecule has 4 heterocycles. The van der Waals surface area contributed by atoms with Gasteiger partial charge < -0.3 is 4.90 Å². The molecular formula is C24H25N7O. The molecule has 4 aromatic rings. The first-order chi connectivity index (χ1) is 15.7. The van der Waals surface area contributed by atoms with E-state index in [0.717, 1.165) is 66.5 Å². The van der Waals surface area contributed by atoms with Gasteiger partial charge in [0.05, 0.1) is 29.0 Å². The van der Waals surface area contributed by atoms with Crippen molar-refractivity contribution in [2.24, 2.45) is 0 Å². The van der Waals surface area contributed by atoms with E-state index in [1.54, 1.807) is 29.2 Å². The molecule has 5 rings (SSSR count). The molecule has 0 N–H and O–H groups in total.